The zero-order valence-electron chi connectivity index (χ0n) is 15.2. The van der Waals surface area contributed by atoms with Gasteiger partial charge in [0.2, 0.25) is 15.9 Å². The number of amides is 1. The number of rotatable bonds is 2. The Bertz CT molecular complexity index is 1010. The standard InChI is InChI=1S/C20H22N2O3S/c1-20(2)17-12-16(8-9-18(17)21(3)19(20)23)26(24,25)22-11-10-14-6-4-5-7-15(14)13-22/h4-9,12H,10-11,13H2,1-3H3. The molecule has 0 unspecified atom stereocenters. The van der Waals surface area contributed by atoms with Gasteiger partial charge in [0.15, 0.2) is 0 Å². The summed E-state index contributed by atoms with van der Waals surface area (Å²) in [5.41, 5.74) is 3.09. The van der Waals surface area contributed by atoms with Gasteiger partial charge >= 0.3 is 0 Å². The molecule has 0 saturated carbocycles. The number of hydrogen-bond acceptors (Lipinski definition) is 3. The van der Waals surface area contributed by atoms with E-state index in [1.807, 2.05) is 32.0 Å². The molecule has 5 nitrogen and oxygen atoms in total. The number of hydrogen-bond donors (Lipinski definition) is 0. The van der Waals surface area contributed by atoms with Gasteiger partial charge in [-0.25, -0.2) is 8.42 Å². The van der Waals surface area contributed by atoms with Crippen molar-refractivity contribution in [2.24, 2.45) is 0 Å². The van der Waals surface area contributed by atoms with Crippen molar-refractivity contribution in [1.29, 1.82) is 0 Å². The van der Waals surface area contributed by atoms with E-state index in [0.29, 0.717) is 19.5 Å². The minimum absolute atomic E-state index is 0.0195. The Kier molecular flexibility index (Phi) is 3.75. The highest BCUT2D eigenvalue weighted by molar-refractivity contribution is 7.89. The van der Waals surface area contributed by atoms with Gasteiger partial charge in [0.1, 0.15) is 0 Å². The third-order valence-electron chi connectivity index (χ3n) is 5.58. The van der Waals surface area contributed by atoms with E-state index in [2.05, 4.69) is 6.07 Å². The van der Waals surface area contributed by atoms with E-state index in [1.54, 1.807) is 30.1 Å². The normalized spacial score (nSPS) is 19.3. The highest BCUT2D eigenvalue weighted by Crippen LogP contribution is 2.42. The average molecular weight is 370 g/mol. The van der Waals surface area contributed by atoms with Gasteiger partial charge in [0, 0.05) is 25.8 Å². The van der Waals surface area contributed by atoms with Gasteiger partial charge in [-0.3, -0.25) is 4.79 Å². The molecule has 136 valence electrons. The van der Waals surface area contributed by atoms with Crippen LogP contribution < -0.4 is 4.90 Å². The fraction of sp³-hybridized carbons (Fsp3) is 0.350. The van der Waals surface area contributed by atoms with Gasteiger partial charge in [0.05, 0.1) is 10.3 Å². The molecule has 0 N–H and O–H groups in total. The minimum atomic E-state index is -3.61. The summed E-state index contributed by atoms with van der Waals surface area (Å²) in [5, 5.41) is 0. The molecule has 0 atom stereocenters. The maximum absolute atomic E-state index is 13.2. The van der Waals surface area contributed by atoms with Crippen LogP contribution in [0.1, 0.15) is 30.5 Å². The second-order valence-electron chi connectivity index (χ2n) is 7.53. The van der Waals surface area contributed by atoms with Crippen molar-refractivity contribution in [2.75, 3.05) is 18.5 Å². The van der Waals surface area contributed by atoms with Crippen LogP contribution in [0.3, 0.4) is 0 Å². The Hall–Kier alpha value is -2.18. The SMILES string of the molecule is CN1C(=O)C(C)(C)c2cc(S(=O)(=O)N3CCc4ccccc4C3)ccc21. The maximum atomic E-state index is 13.2. The second-order valence-corrected chi connectivity index (χ2v) is 9.46. The van der Waals surface area contributed by atoms with Crippen molar-refractivity contribution in [3.05, 3.63) is 59.2 Å². The highest BCUT2D eigenvalue weighted by atomic mass is 32.2. The van der Waals surface area contributed by atoms with E-state index in [4.69, 9.17) is 0 Å². The number of carbonyl (C=O) groups is 1. The summed E-state index contributed by atoms with van der Waals surface area (Å²) in [6.07, 6.45) is 0.715. The third kappa shape index (κ3) is 2.40. The Balaban J connectivity index is 1.73. The number of nitrogens with zero attached hydrogens (tertiary/aromatic N) is 2. The van der Waals surface area contributed by atoms with Gasteiger partial charge in [-0.15, -0.1) is 0 Å². The molecule has 0 aliphatic carbocycles. The van der Waals surface area contributed by atoms with Gasteiger partial charge < -0.3 is 4.90 Å². The monoisotopic (exact) mass is 370 g/mol. The number of fused-ring (bicyclic) bond motifs is 2. The van der Waals surface area contributed by atoms with Crippen molar-refractivity contribution in [2.45, 2.75) is 37.1 Å². The van der Waals surface area contributed by atoms with Gasteiger partial charge in [-0.05, 0) is 55.2 Å². The third-order valence-corrected chi connectivity index (χ3v) is 7.42. The van der Waals surface area contributed by atoms with Gasteiger partial charge in [-0.1, -0.05) is 24.3 Å². The first-order chi connectivity index (χ1) is 12.2. The smallest absolute Gasteiger partial charge is 0.243 e. The summed E-state index contributed by atoms with van der Waals surface area (Å²) in [6, 6.07) is 13.0. The van der Waals surface area contributed by atoms with Crippen LogP contribution in [0.4, 0.5) is 5.69 Å². The molecule has 0 aromatic heterocycles. The molecule has 0 saturated heterocycles. The molecule has 2 aromatic carbocycles. The molecule has 2 aliphatic heterocycles. The number of anilines is 1. The van der Waals surface area contributed by atoms with Crippen LogP contribution in [0.15, 0.2) is 47.4 Å². The van der Waals surface area contributed by atoms with Crippen LogP contribution in [0.2, 0.25) is 0 Å². The Labute approximate surface area is 154 Å². The fourth-order valence-corrected chi connectivity index (χ4v) is 5.38. The quantitative estimate of drug-likeness (QED) is 0.817. The fourth-order valence-electron chi connectivity index (χ4n) is 3.94. The lowest BCUT2D eigenvalue weighted by Gasteiger charge is -2.28. The molecule has 0 fully saturated rings. The molecule has 6 heteroatoms. The predicted octanol–water partition coefficient (Wildman–Crippen LogP) is 2.69. The van der Waals surface area contributed by atoms with Crippen molar-refractivity contribution in [3.8, 4) is 0 Å². The highest BCUT2D eigenvalue weighted by Gasteiger charge is 2.43. The lowest BCUT2D eigenvalue weighted by molar-refractivity contribution is -0.121. The van der Waals surface area contributed by atoms with E-state index in [0.717, 1.165) is 16.8 Å². The first-order valence-corrected chi connectivity index (χ1v) is 10.2. The first kappa shape index (κ1) is 17.2. The van der Waals surface area contributed by atoms with Crippen molar-refractivity contribution < 1.29 is 13.2 Å². The lowest BCUT2D eigenvalue weighted by Crippen LogP contribution is -2.36. The van der Waals surface area contributed by atoms with E-state index >= 15 is 0 Å². The molecule has 0 spiro atoms. The number of carbonyl (C=O) groups excluding carboxylic acids is 1. The summed E-state index contributed by atoms with van der Waals surface area (Å²) < 4.78 is 27.9. The molecular weight excluding hydrogens is 348 g/mol. The van der Waals surface area contributed by atoms with Gasteiger partial charge in [-0.2, -0.15) is 4.31 Å². The molecule has 26 heavy (non-hydrogen) atoms. The van der Waals surface area contributed by atoms with E-state index in [9.17, 15) is 13.2 Å². The van der Waals surface area contributed by atoms with Crippen LogP contribution in [0.5, 0.6) is 0 Å². The van der Waals surface area contributed by atoms with Crippen LogP contribution in [0.25, 0.3) is 0 Å². The zero-order valence-corrected chi connectivity index (χ0v) is 16.0. The predicted molar refractivity (Wildman–Crippen MR) is 101 cm³/mol. The van der Waals surface area contributed by atoms with E-state index < -0.39 is 15.4 Å². The average Bonchev–Trinajstić information content (AvgIpc) is 2.81. The van der Waals surface area contributed by atoms with E-state index in [1.165, 1.54) is 9.87 Å². The van der Waals surface area contributed by atoms with Crippen LogP contribution in [-0.4, -0.2) is 32.2 Å². The van der Waals surface area contributed by atoms with Gasteiger partial charge in [0.25, 0.3) is 0 Å². The summed E-state index contributed by atoms with van der Waals surface area (Å²) in [6.45, 7) is 4.53. The summed E-state index contributed by atoms with van der Waals surface area (Å²) >= 11 is 0. The molecule has 2 aromatic rings. The lowest BCUT2D eigenvalue weighted by atomic mass is 9.86. The van der Waals surface area contributed by atoms with Crippen molar-refractivity contribution in [3.63, 3.8) is 0 Å². The Morgan fingerprint density at radius 1 is 1.04 bits per heavy atom. The Morgan fingerprint density at radius 3 is 2.46 bits per heavy atom. The van der Waals surface area contributed by atoms with Crippen LogP contribution >= 0.6 is 0 Å². The number of likely N-dealkylation sites (N-methyl/N-ethyl adjacent to an activating group) is 1. The number of sulfonamides is 1. The van der Waals surface area contributed by atoms with Crippen molar-refractivity contribution >= 4 is 21.6 Å². The molecule has 2 aliphatic rings. The largest absolute Gasteiger partial charge is 0.314 e. The van der Waals surface area contributed by atoms with Crippen LogP contribution in [0, 0.1) is 0 Å². The molecule has 0 radical (unpaired) electrons. The summed E-state index contributed by atoms with van der Waals surface area (Å²) in [7, 11) is -1.88. The minimum Gasteiger partial charge on any atom is -0.314 e. The molecular formula is C20H22N2O3S. The Morgan fingerprint density at radius 2 is 1.73 bits per heavy atom. The maximum Gasteiger partial charge on any atom is 0.243 e. The first-order valence-electron chi connectivity index (χ1n) is 8.72. The van der Waals surface area contributed by atoms with Crippen LogP contribution in [-0.2, 0) is 33.2 Å². The molecule has 1 amide bonds. The zero-order chi connectivity index (χ0) is 18.7. The summed E-state index contributed by atoms with van der Waals surface area (Å²) in [4.78, 5) is 14.3. The topological polar surface area (TPSA) is 57.7 Å². The summed E-state index contributed by atoms with van der Waals surface area (Å²) in [5.74, 6) is -0.0195. The van der Waals surface area contributed by atoms with E-state index in [-0.39, 0.29) is 10.8 Å². The second kappa shape index (κ2) is 5.66. The molecule has 0 bridgehead atoms. The number of benzene rings is 2. The molecule has 2 heterocycles. The molecule has 4 rings (SSSR count). The van der Waals surface area contributed by atoms with Crippen molar-refractivity contribution in [1.82, 2.24) is 4.31 Å².